The first kappa shape index (κ1) is 29.4. The van der Waals surface area contributed by atoms with Gasteiger partial charge in [0, 0.05) is 44.0 Å². The Morgan fingerprint density at radius 1 is 1.13 bits per heavy atom. The van der Waals surface area contributed by atoms with Gasteiger partial charge in [-0.2, -0.15) is 5.10 Å². The fraction of sp³-hybridized carbons (Fsp3) is 0.355. The second-order valence-electron chi connectivity index (χ2n) is 9.82. The lowest BCUT2D eigenvalue weighted by molar-refractivity contribution is -0.125. The van der Waals surface area contributed by atoms with Crippen LogP contribution >= 0.6 is 0 Å². The quantitative estimate of drug-likeness (QED) is 0.259. The van der Waals surface area contributed by atoms with Crippen molar-refractivity contribution in [1.29, 1.82) is 0 Å². The number of amides is 3. The third kappa shape index (κ3) is 8.40. The Morgan fingerprint density at radius 2 is 1.82 bits per heavy atom. The lowest BCUT2D eigenvalue weighted by Crippen LogP contribution is -2.49. The molecular formula is C31H39N5O3. The van der Waals surface area contributed by atoms with E-state index in [0.29, 0.717) is 24.2 Å². The molecule has 8 nitrogen and oxygen atoms in total. The summed E-state index contributed by atoms with van der Waals surface area (Å²) in [6.45, 7) is 10.9. The van der Waals surface area contributed by atoms with Crippen molar-refractivity contribution >= 4 is 35.2 Å². The highest BCUT2D eigenvalue weighted by molar-refractivity contribution is 6.38. The van der Waals surface area contributed by atoms with E-state index < -0.39 is 11.9 Å². The number of carbonyl (C=O) groups is 3. The number of allylic oxidation sites excluding steroid dienone is 1. The normalized spacial score (nSPS) is 14.3. The van der Waals surface area contributed by atoms with Crippen LogP contribution in [0, 0.1) is 6.92 Å². The average molecular weight is 530 g/mol. The first-order chi connectivity index (χ1) is 18.7. The maximum absolute atomic E-state index is 13.4. The van der Waals surface area contributed by atoms with Crippen LogP contribution in [-0.4, -0.2) is 54.5 Å². The van der Waals surface area contributed by atoms with E-state index in [2.05, 4.69) is 22.4 Å². The minimum absolute atomic E-state index is 0.00276. The average Bonchev–Trinajstić information content (AvgIpc) is 3.49. The lowest BCUT2D eigenvalue weighted by atomic mass is 10.1. The van der Waals surface area contributed by atoms with Gasteiger partial charge in [-0.05, 0) is 61.9 Å². The number of likely N-dealkylation sites (tertiary alicyclic amines) is 1. The Morgan fingerprint density at radius 3 is 2.49 bits per heavy atom. The van der Waals surface area contributed by atoms with Gasteiger partial charge in [-0.1, -0.05) is 56.0 Å². The molecule has 2 aromatic carbocycles. The molecule has 1 aliphatic heterocycles. The van der Waals surface area contributed by atoms with E-state index in [9.17, 15) is 14.4 Å². The monoisotopic (exact) mass is 529 g/mol. The summed E-state index contributed by atoms with van der Waals surface area (Å²) in [5, 5.41) is 6.95. The third-order valence-corrected chi connectivity index (χ3v) is 6.74. The molecule has 206 valence electrons. The highest BCUT2D eigenvalue weighted by Crippen LogP contribution is 2.23. The molecule has 1 heterocycles. The number of nitrogens with one attached hydrogen (secondary N) is 2. The van der Waals surface area contributed by atoms with Gasteiger partial charge >= 0.3 is 0 Å². The Bertz CT molecular complexity index is 1250. The minimum atomic E-state index is -0.726. The largest absolute Gasteiger partial charge is 0.339 e. The Kier molecular flexibility index (Phi) is 10.6. The number of benzene rings is 2. The molecule has 1 saturated heterocycles. The summed E-state index contributed by atoms with van der Waals surface area (Å²) in [6.07, 6.45) is 6.45. The van der Waals surface area contributed by atoms with Crippen LogP contribution in [0.1, 0.15) is 49.8 Å². The summed E-state index contributed by atoms with van der Waals surface area (Å²) in [6, 6.07) is 14.8. The third-order valence-electron chi connectivity index (χ3n) is 6.74. The number of hydrogen-bond acceptors (Lipinski definition) is 5. The topological polar surface area (TPSA) is 94.1 Å². The van der Waals surface area contributed by atoms with Crippen LogP contribution in [-0.2, 0) is 20.8 Å². The standard InChI is InChI=1S/C31H39N5O3/c1-6-27(32-30(38)24(4)34-33-23(3)20-25-12-8-7-9-13-25)31(39)35(5)28-21-26(15-14-22(28)2)16-17-29(37)36-18-10-11-19-36/h7-9,12-17,21,27,33H,3,6,10-11,18-20H2,1-2,4-5H3,(H,32,38)/b17-16+,34-24+/t27-/m0/s1. The predicted octanol–water partition coefficient (Wildman–Crippen LogP) is 4.21. The highest BCUT2D eigenvalue weighted by Gasteiger charge is 2.25. The zero-order chi connectivity index (χ0) is 28.4. The molecule has 0 aromatic heterocycles. The van der Waals surface area contributed by atoms with Crippen molar-refractivity contribution in [3.8, 4) is 0 Å². The molecule has 0 bridgehead atoms. The molecule has 2 aromatic rings. The van der Waals surface area contributed by atoms with Gasteiger partial charge in [0.15, 0.2) is 0 Å². The van der Waals surface area contributed by atoms with Crippen molar-refractivity contribution in [1.82, 2.24) is 15.6 Å². The van der Waals surface area contributed by atoms with Gasteiger partial charge in [0.05, 0.1) is 0 Å². The van der Waals surface area contributed by atoms with Crippen LogP contribution in [0.4, 0.5) is 5.69 Å². The Hall–Kier alpha value is -4.20. The van der Waals surface area contributed by atoms with Crippen molar-refractivity contribution in [2.75, 3.05) is 25.0 Å². The van der Waals surface area contributed by atoms with Gasteiger partial charge in [-0.25, -0.2) is 0 Å². The molecule has 1 aliphatic rings. The predicted molar refractivity (Wildman–Crippen MR) is 157 cm³/mol. The van der Waals surface area contributed by atoms with Crippen molar-refractivity contribution in [2.24, 2.45) is 5.10 Å². The van der Waals surface area contributed by atoms with Gasteiger partial charge in [0.2, 0.25) is 11.8 Å². The molecule has 8 heteroatoms. The second-order valence-corrected chi connectivity index (χ2v) is 9.82. The number of carbonyl (C=O) groups excluding carboxylic acids is 3. The SMILES string of the molecule is C=C(Cc1ccccc1)N/N=C(\C)C(=O)N[C@@H](CC)C(=O)N(C)c1cc(/C=C/C(=O)N2CCCC2)ccc1C. The maximum Gasteiger partial charge on any atom is 0.267 e. The van der Waals surface area contributed by atoms with E-state index in [-0.39, 0.29) is 17.5 Å². The molecule has 0 spiro atoms. The zero-order valence-corrected chi connectivity index (χ0v) is 23.4. The fourth-order valence-corrected chi connectivity index (χ4v) is 4.35. The summed E-state index contributed by atoms with van der Waals surface area (Å²) >= 11 is 0. The molecule has 0 aliphatic carbocycles. The summed E-state index contributed by atoms with van der Waals surface area (Å²) in [7, 11) is 1.69. The molecule has 1 fully saturated rings. The van der Waals surface area contributed by atoms with Crippen molar-refractivity contribution in [3.63, 3.8) is 0 Å². The molecule has 2 N–H and O–H groups in total. The summed E-state index contributed by atoms with van der Waals surface area (Å²) in [4.78, 5) is 41.9. The van der Waals surface area contributed by atoms with Crippen LogP contribution in [0.2, 0.25) is 0 Å². The van der Waals surface area contributed by atoms with Gasteiger partial charge in [0.1, 0.15) is 11.8 Å². The van der Waals surface area contributed by atoms with Crippen LogP contribution < -0.4 is 15.6 Å². The van der Waals surface area contributed by atoms with E-state index in [1.54, 1.807) is 31.0 Å². The van der Waals surface area contributed by atoms with E-state index in [4.69, 9.17) is 0 Å². The van der Waals surface area contributed by atoms with Gasteiger partial charge in [-0.3, -0.25) is 19.8 Å². The second kappa shape index (κ2) is 14.1. The van der Waals surface area contributed by atoms with E-state index in [0.717, 1.165) is 42.6 Å². The Labute approximate surface area is 231 Å². The maximum atomic E-state index is 13.4. The van der Waals surface area contributed by atoms with Crippen molar-refractivity contribution in [2.45, 2.75) is 52.5 Å². The summed E-state index contributed by atoms with van der Waals surface area (Å²) < 4.78 is 0. The van der Waals surface area contributed by atoms with E-state index in [1.807, 2.05) is 67.3 Å². The summed E-state index contributed by atoms with van der Waals surface area (Å²) in [5.74, 6) is -0.669. The first-order valence-electron chi connectivity index (χ1n) is 13.4. The number of hydrazone groups is 1. The number of rotatable bonds is 11. The number of anilines is 1. The molecule has 39 heavy (non-hydrogen) atoms. The first-order valence-corrected chi connectivity index (χ1v) is 13.4. The van der Waals surface area contributed by atoms with Gasteiger partial charge in [-0.15, -0.1) is 0 Å². The molecule has 3 amide bonds. The molecule has 0 unspecified atom stereocenters. The Balaban J connectivity index is 1.62. The van der Waals surface area contributed by atoms with E-state index >= 15 is 0 Å². The number of aryl methyl sites for hydroxylation is 1. The number of hydrogen-bond donors (Lipinski definition) is 2. The molecule has 0 radical (unpaired) electrons. The van der Waals surface area contributed by atoms with Crippen LogP contribution in [0.5, 0.6) is 0 Å². The lowest BCUT2D eigenvalue weighted by Gasteiger charge is -2.25. The fourth-order valence-electron chi connectivity index (χ4n) is 4.35. The number of nitrogens with zero attached hydrogens (tertiary/aromatic N) is 3. The number of likely N-dealkylation sites (N-methyl/N-ethyl adjacent to an activating group) is 1. The molecule has 0 saturated carbocycles. The molecule has 1 atom stereocenters. The van der Waals surface area contributed by atoms with Crippen LogP contribution in [0.25, 0.3) is 6.08 Å². The summed E-state index contributed by atoms with van der Waals surface area (Å²) in [5.41, 5.74) is 7.22. The van der Waals surface area contributed by atoms with Gasteiger partial charge < -0.3 is 15.1 Å². The zero-order valence-electron chi connectivity index (χ0n) is 23.4. The van der Waals surface area contributed by atoms with Crippen molar-refractivity contribution in [3.05, 3.63) is 83.6 Å². The van der Waals surface area contributed by atoms with Crippen molar-refractivity contribution < 1.29 is 14.4 Å². The smallest absolute Gasteiger partial charge is 0.267 e. The van der Waals surface area contributed by atoms with E-state index in [1.165, 1.54) is 0 Å². The molecule has 3 rings (SSSR count). The minimum Gasteiger partial charge on any atom is -0.339 e. The highest BCUT2D eigenvalue weighted by atomic mass is 16.2. The molecular weight excluding hydrogens is 490 g/mol. The van der Waals surface area contributed by atoms with Crippen LogP contribution in [0.15, 0.2) is 72.0 Å². The van der Waals surface area contributed by atoms with Crippen LogP contribution in [0.3, 0.4) is 0 Å². The van der Waals surface area contributed by atoms with Gasteiger partial charge in [0.25, 0.3) is 5.91 Å².